The number of hydrogen-bond acceptors (Lipinski definition) is 7. The van der Waals surface area contributed by atoms with Gasteiger partial charge >= 0.3 is 26.4 Å². The second-order valence-electron chi connectivity index (χ2n) is 3.65. The number of rotatable bonds is 12. The third-order valence-electron chi connectivity index (χ3n) is 2.74. The van der Waals surface area contributed by atoms with Crippen molar-refractivity contribution in [3.63, 3.8) is 0 Å². The zero-order chi connectivity index (χ0) is 16.6. The molecule has 0 bridgehead atoms. The molecular formula is C11H24O7Si3. The van der Waals surface area contributed by atoms with Gasteiger partial charge in [0.1, 0.15) is 0 Å². The van der Waals surface area contributed by atoms with Gasteiger partial charge in [0.25, 0.3) is 0 Å². The summed E-state index contributed by atoms with van der Waals surface area (Å²) in [6.07, 6.45) is 0. The monoisotopic (exact) mass is 352 g/mol. The third-order valence-corrected chi connectivity index (χ3v) is 11.6. The normalized spacial score (nSPS) is 13.0. The fourth-order valence-electron chi connectivity index (χ4n) is 1.42. The maximum absolute atomic E-state index is 5.91. The minimum Gasteiger partial charge on any atom is -0.375 e. The molecule has 10 heteroatoms. The molecule has 0 atom stereocenters. The highest BCUT2D eigenvalue weighted by atomic mass is 28.5. The third kappa shape index (κ3) is 4.79. The molecule has 21 heavy (non-hydrogen) atoms. The first kappa shape index (κ1) is 20.6. The largest absolute Gasteiger partial charge is 0.521 e. The lowest BCUT2D eigenvalue weighted by Crippen LogP contribution is -2.61. The lowest BCUT2D eigenvalue weighted by molar-refractivity contribution is 0.0897. The summed E-state index contributed by atoms with van der Waals surface area (Å²) in [7, 11) is -2.43. The van der Waals surface area contributed by atoms with E-state index in [1.807, 2.05) is 0 Å². The van der Waals surface area contributed by atoms with Crippen LogP contribution in [0.15, 0.2) is 36.8 Å². The van der Waals surface area contributed by atoms with E-state index in [9.17, 15) is 0 Å². The van der Waals surface area contributed by atoms with Gasteiger partial charge in [-0.2, -0.15) is 0 Å². The quantitative estimate of drug-likeness (QED) is 0.490. The summed E-state index contributed by atoms with van der Waals surface area (Å²) in [5.74, 6) is 0. The Bertz CT molecular complexity index is 330. The molecule has 0 saturated heterocycles. The van der Waals surface area contributed by atoms with E-state index < -0.39 is 26.4 Å². The molecule has 0 radical (unpaired) electrons. The van der Waals surface area contributed by atoms with Crippen LogP contribution in [0.4, 0.5) is 0 Å². The Morgan fingerprint density at radius 1 is 0.524 bits per heavy atom. The van der Waals surface area contributed by atoms with Crippen LogP contribution in [-0.4, -0.2) is 62.0 Å². The van der Waals surface area contributed by atoms with E-state index in [-0.39, 0.29) is 0 Å². The average Bonchev–Trinajstić information content (AvgIpc) is 2.57. The van der Waals surface area contributed by atoms with E-state index in [0.717, 1.165) is 0 Å². The van der Waals surface area contributed by atoms with Gasteiger partial charge in [0, 0.05) is 35.5 Å². The first-order chi connectivity index (χ1) is 9.90. The Morgan fingerprint density at radius 3 is 0.905 bits per heavy atom. The summed E-state index contributed by atoms with van der Waals surface area (Å²) in [4.78, 5) is 0. The van der Waals surface area contributed by atoms with E-state index in [4.69, 9.17) is 30.4 Å². The van der Waals surface area contributed by atoms with Crippen LogP contribution in [0.3, 0.4) is 0 Å². The molecule has 0 fully saturated rings. The molecule has 0 aromatic heterocycles. The van der Waals surface area contributed by atoms with Gasteiger partial charge in [-0.25, -0.2) is 0 Å². The van der Waals surface area contributed by atoms with Gasteiger partial charge in [-0.05, 0) is 17.1 Å². The van der Waals surface area contributed by atoms with Crippen molar-refractivity contribution >= 4 is 26.4 Å². The molecule has 122 valence electrons. The molecule has 0 rings (SSSR count). The van der Waals surface area contributed by atoms with E-state index in [2.05, 4.69) is 19.7 Å². The van der Waals surface area contributed by atoms with Crippen molar-refractivity contribution in [1.29, 1.82) is 0 Å². The molecule has 0 saturated carbocycles. The van der Waals surface area contributed by atoms with Gasteiger partial charge < -0.3 is 30.4 Å². The van der Waals surface area contributed by atoms with Crippen LogP contribution in [0.25, 0.3) is 0 Å². The van der Waals surface area contributed by atoms with Gasteiger partial charge in [0.2, 0.25) is 0 Å². The van der Waals surface area contributed by atoms with Crippen LogP contribution < -0.4 is 0 Å². The standard InChI is InChI=1S/C11H24O7Si3/c1-9-19(12-4,13-5)17-21(11-3,16-8)18-20(10-2,14-6)15-7/h9-11H,1-3H2,4-8H3. The minimum absolute atomic E-state index is 1.44. The lowest BCUT2D eigenvalue weighted by atomic mass is 11.3. The van der Waals surface area contributed by atoms with Crippen LogP contribution in [0.1, 0.15) is 0 Å². The summed E-state index contributed by atoms with van der Waals surface area (Å²) in [5, 5.41) is 0. The molecule has 0 amide bonds. The highest BCUT2D eigenvalue weighted by Crippen LogP contribution is 2.24. The van der Waals surface area contributed by atoms with Crippen molar-refractivity contribution in [3.05, 3.63) is 36.8 Å². The molecule has 0 spiro atoms. The van der Waals surface area contributed by atoms with Crippen molar-refractivity contribution in [3.8, 4) is 0 Å². The molecular weight excluding hydrogens is 328 g/mol. The van der Waals surface area contributed by atoms with Gasteiger partial charge in [-0.1, -0.05) is 19.7 Å². The van der Waals surface area contributed by atoms with Crippen LogP contribution >= 0.6 is 0 Å². The van der Waals surface area contributed by atoms with E-state index in [0.29, 0.717) is 0 Å². The maximum Gasteiger partial charge on any atom is 0.521 e. The first-order valence-corrected chi connectivity index (χ1v) is 11.4. The van der Waals surface area contributed by atoms with Gasteiger partial charge in [0.05, 0.1) is 0 Å². The Labute approximate surface area is 129 Å². The molecule has 7 nitrogen and oxygen atoms in total. The van der Waals surface area contributed by atoms with Crippen molar-refractivity contribution < 1.29 is 30.4 Å². The Morgan fingerprint density at radius 2 is 0.762 bits per heavy atom. The molecule has 0 aromatic carbocycles. The lowest BCUT2D eigenvalue weighted by Gasteiger charge is -2.36. The minimum atomic E-state index is -3.40. The van der Waals surface area contributed by atoms with Gasteiger partial charge in [-0.15, -0.1) is 0 Å². The van der Waals surface area contributed by atoms with Crippen LogP contribution in [-0.2, 0) is 30.4 Å². The molecule has 0 unspecified atom stereocenters. The van der Waals surface area contributed by atoms with E-state index >= 15 is 0 Å². The summed E-state index contributed by atoms with van der Waals surface area (Å²) >= 11 is 0. The predicted octanol–water partition coefficient (Wildman–Crippen LogP) is 1.24. The molecule has 0 aliphatic heterocycles. The van der Waals surface area contributed by atoms with E-state index in [1.54, 1.807) is 0 Å². The zero-order valence-electron chi connectivity index (χ0n) is 13.2. The van der Waals surface area contributed by atoms with Crippen LogP contribution in [0, 0.1) is 0 Å². The molecule has 0 aliphatic rings. The topological polar surface area (TPSA) is 64.6 Å². The van der Waals surface area contributed by atoms with Gasteiger partial charge in [0.15, 0.2) is 0 Å². The Kier molecular flexibility index (Phi) is 8.72. The average molecular weight is 353 g/mol. The van der Waals surface area contributed by atoms with Crippen molar-refractivity contribution in [2.24, 2.45) is 0 Å². The van der Waals surface area contributed by atoms with Crippen molar-refractivity contribution in [1.82, 2.24) is 0 Å². The van der Waals surface area contributed by atoms with Gasteiger partial charge in [-0.3, -0.25) is 0 Å². The highest BCUT2D eigenvalue weighted by Gasteiger charge is 2.55. The second-order valence-corrected chi connectivity index (χ2v) is 12.2. The molecule has 0 aromatic rings. The summed E-state index contributed by atoms with van der Waals surface area (Å²) < 4.78 is 38.6. The SMILES string of the molecule is C=C[Si](OC)(OC)O[Si](C=C)(OC)O[Si](C=C)(OC)OC. The van der Waals surface area contributed by atoms with E-state index in [1.165, 1.54) is 52.6 Å². The molecule has 0 aliphatic carbocycles. The van der Waals surface area contributed by atoms with Crippen molar-refractivity contribution in [2.45, 2.75) is 0 Å². The fraction of sp³-hybridized carbons (Fsp3) is 0.455. The fourth-order valence-corrected chi connectivity index (χ4v) is 9.63. The zero-order valence-corrected chi connectivity index (χ0v) is 16.2. The predicted molar refractivity (Wildman–Crippen MR) is 85.1 cm³/mol. The summed E-state index contributed by atoms with van der Waals surface area (Å²) in [5.41, 5.74) is 4.38. The first-order valence-electron chi connectivity index (χ1n) is 5.97. The van der Waals surface area contributed by atoms with Crippen LogP contribution in [0.2, 0.25) is 0 Å². The second kappa shape index (κ2) is 8.89. The smallest absolute Gasteiger partial charge is 0.375 e. The van der Waals surface area contributed by atoms with Crippen molar-refractivity contribution in [2.75, 3.05) is 35.5 Å². The Balaban J connectivity index is 5.58. The Hall–Kier alpha value is -0.409. The highest BCUT2D eigenvalue weighted by molar-refractivity contribution is 6.85. The summed E-state index contributed by atoms with van der Waals surface area (Å²) in [6, 6.07) is 0. The maximum atomic E-state index is 5.91. The molecule has 0 heterocycles. The number of hydrogen-bond donors (Lipinski definition) is 0. The van der Waals surface area contributed by atoms with Crippen LogP contribution in [0.5, 0.6) is 0 Å². The summed E-state index contributed by atoms with van der Waals surface area (Å²) in [6.45, 7) is 11.1. The molecule has 0 N–H and O–H groups in total.